The van der Waals surface area contributed by atoms with Gasteiger partial charge in [0.1, 0.15) is 5.82 Å². The van der Waals surface area contributed by atoms with Gasteiger partial charge in [-0.2, -0.15) is 0 Å². The molecular weight excluding hydrogens is 262 g/mol. The third-order valence-electron chi connectivity index (χ3n) is 3.17. The molecule has 1 aromatic carbocycles. The number of aliphatic hydroxyl groups excluding tert-OH is 1. The summed E-state index contributed by atoms with van der Waals surface area (Å²) in [5.74, 6) is 0.773. The zero-order valence-electron chi connectivity index (χ0n) is 10.3. The number of pyridine rings is 1. The number of imidazole rings is 1. The minimum absolute atomic E-state index is 0.0399. The van der Waals surface area contributed by atoms with Gasteiger partial charge in [-0.3, -0.25) is 4.98 Å². The number of aliphatic hydroxyl groups is 1. The van der Waals surface area contributed by atoms with Gasteiger partial charge in [-0.05, 0) is 29.8 Å². The average molecular weight is 274 g/mol. The standard InChI is InChI=1S/C14H12ClN3O/c1-18-13-6-10(15)2-3-12(13)17-14(18)11-7-16-5-4-9(11)8-19/h2-7,19H,8H2,1H3. The Balaban J connectivity index is 2.28. The van der Waals surface area contributed by atoms with Crippen molar-refractivity contribution in [2.45, 2.75) is 6.61 Å². The number of nitrogens with zero attached hydrogens (tertiary/aromatic N) is 3. The Hall–Kier alpha value is -1.91. The van der Waals surface area contributed by atoms with Crippen LogP contribution < -0.4 is 0 Å². The van der Waals surface area contributed by atoms with Gasteiger partial charge < -0.3 is 9.67 Å². The van der Waals surface area contributed by atoms with E-state index in [1.165, 1.54) is 0 Å². The zero-order chi connectivity index (χ0) is 13.4. The van der Waals surface area contributed by atoms with E-state index in [0.29, 0.717) is 5.02 Å². The van der Waals surface area contributed by atoms with E-state index < -0.39 is 0 Å². The maximum absolute atomic E-state index is 9.40. The summed E-state index contributed by atoms with van der Waals surface area (Å²) >= 11 is 6.01. The van der Waals surface area contributed by atoms with E-state index in [2.05, 4.69) is 9.97 Å². The van der Waals surface area contributed by atoms with E-state index in [9.17, 15) is 5.11 Å². The highest BCUT2D eigenvalue weighted by atomic mass is 35.5. The molecule has 0 aliphatic rings. The Labute approximate surface area is 115 Å². The third kappa shape index (κ3) is 1.99. The van der Waals surface area contributed by atoms with Crippen molar-refractivity contribution in [3.05, 3.63) is 47.2 Å². The molecule has 0 fully saturated rings. The fraction of sp³-hybridized carbons (Fsp3) is 0.143. The van der Waals surface area contributed by atoms with Crippen LogP contribution in [0.1, 0.15) is 5.56 Å². The Morgan fingerprint density at radius 2 is 2.16 bits per heavy atom. The third-order valence-corrected chi connectivity index (χ3v) is 3.40. The fourth-order valence-electron chi connectivity index (χ4n) is 2.17. The number of rotatable bonds is 2. The van der Waals surface area contributed by atoms with Gasteiger partial charge in [0.05, 0.1) is 17.6 Å². The molecule has 4 nitrogen and oxygen atoms in total. The molecule has 3 aromatic rings. The first-order valence-electron chi connectivity index (χ1n) is 5.87. The highest BCUT2D eigenvalue weighted by Crippen LogP contribution is 2.27. The normalized spacial score (nSPS) is 11.1. The van der Waals surface area contributed by atoms with Crippen molar-refractivity contribution in [3.8, 4) is 11.4 Å². The van der Waals surface area contributed by atoms with Crippen molar-refractivity contribution >= 4 is 22.6 Å². The first kappa shape index (κ1) is 12.1. The predicted molar refractivity (Wildman–Crippen MR) is 74.9 cm³/mol. The smallest absolute Gasteiger partial charge is 0.142 e. The molecule has 3 rings (SSSR count). The first-order chi connectivity index (χ1) is 9.20. The van der Waals surface area contributed by atoms with Crippen molar-refractivity contribution in [1.29, 1.82) is 0 Å². The molecule has 0 spiro atoms. The Morgan fingerprint density at radius 1 is 1.32 bits per heavy atom. The highest BCUT2D eigenvalue weighted by molar-refractivity contribution is 6.31. The van der Waals surface area contributed by atoms with Crippen molar-refractivity contribution in [2.75, 3.05) is 0 Å². The fourth-order valence-corrected chi connectivity index (χ4v) is 2.33. The van der Waals surface area contributed by atoms with Crippen LogP contribution in [0.5, 0.6) is 0 Å². The van der Waals surface area contributed by atoms with E-state index in [1.807, 2.05) is 29.8 Å². The predicted octanol–water partition coefficient (Wildman–Crippen LogP) is 2.78. The number of aryl methyl sites for hydroxylation is 1. The molecule has 0 amide bonds. The summed E-state index contributed by atoms with van der Waals surface area (Å²) in [6.07, 6.45) is 3.38. The molecule has 2 aromatic heterocycles. The van der Waals surface area contributed by atoms with Crippen molar-refractivity contribution in [1.82, 2.24) is 14.5 Å². The summed E-state index contributed by atoms with van der Waals surface area (Å²) in [6, 6.07) is 7.37. The van der Waals surface area contributed by atoms with Crippen LogP contribution in [-0.4, -0.2) is 19.6 Å². The van der Waals surface area contributed by atoms with Crippen molar-refractivity contribution < 1.29 is 5.11 Å². The molecule has 0 radical (unpaired) electrons. The van der Waals surface area contributed by atoms with Gasteiger partial charge in [-0.15, -0.1) is 0 Å². The number of aromatic nitrogens is 3. The van der Waals surface area contributed by atoms with Crippen molar-refractivity contribution in [2.24, 2.45) is 7.05 Å². The molecule has 0 bridgehead atoms. The highest BCUT2D eigenvalue weighted by Gasteiger charge is 2.13. The van der Waals surface area contributed by atoms with Gasteiger partial charge in [0.25, 0.3) is 0 Å². The molecule has 0 saturated heterocycles. The molecule has 2 heterocycles. The van der Waals surface area contributed by atoms with Crippen LogP contribution in [0.25, 0.3) is 22.4 Å². The van der Waals surface area contributed by atoms with Crippen LogP contribution in [0.3, 0.4) is 0 Å². The topological polar surface area (TPSA) is 50.9 Å². The van der Waals surface area contributed by atoms with E-state index in [-0.39, 0.29) is 6.61 Å². The monoisotopic (exact) mass is 273 g/mol. The van der Waals surface area contributed by atoms with Gasteiger partial charge >= 0.3 is 0 Å². The van der Waals surface area contributed by atoms with Crippen LogP contribution in [-0.2, 0) is 13.7 Å². The largest absolute Gasteiger partial charge is 0.392 e. The summed E-state index contributed by atoms with van der Waals surface area (Å²) in [5, 5.41) is 10.1. The molecule has 5 heteroatoms. The van der Waals surface area contributed by atoms with Gasteiger partial charge in [-0.1, -0.05) is 11.6 Å². The number of hydrogen-bond donors (Lipinski definition) is 1. The van der Waals surface area contributed by atoms with Crippen LogP contribution >= 0.6 is 11.6 Å². The number of fused-ring (bicyclic) bond motifs is 1. The van der Waals surface area contributed by atoms with Gasteiger partial charge in [-0.25, -0.2) is 4.98 Å². The summed E-state index contributed by atoms with van der Waals surface area (Å²) in [4.78, 5) is 8.69. The number of hydrogen-bond acceptors (Lipinski definition) is 3. The average Bonchev–Trinajstić information content (AvgIpc) is 2.76. The van der Waals surface area contributed by atoms with Crippen LogP contribution in [0.4, 0.5) is 0 Å². The second-order valence-corrected chi connectivity index (χ2v) is 4.75. The lowest BCUT2D eigenvalue weighted by molar-refractivity contribution is 0.282. The molecule has 1 N–H and O–H groups in total. The molecule has 0 aliphatic heterocycles. The lowest BCUT2D eigenvalue weighted by Crippen LogP contribution is -1.97. The van der Waals surface area contributed by atoms with Crippen LogP contribution in [0, 0.1) is 0 Å². The molecule has 0 unspecified atom stereocenters. The first-order valence-corrected chi connectivity index (χ1v) is 6.24. The van der Waals surface area contributed by atoms with E-state index >= 15 is 0 Å². The minimum Gasteiger partial charge on any atom is -0.392 e. The summed E-state index contributed by atoms with van der Waals surface area (Å²) < 4.78 is 1.96. The quantitative estimate of drug-likeness (QED) is 0.781. The van der Waals surface area contributed by atoms with Gasteiger partial charge in [0.2, 0.25) is 0 Å². The Bertz CT molecular complexity index is 752. The maximum atomic E-state index is 9.40. The van der Waals surface area contributed by atoms with Gasteiger partial charge in [0.15, 0.2) is 0 Å². The second kappa shape index (κ2) is 4.64. The van der Waals surface area contributed by atoms with Crippen LogP contribution in [0.2, 0.25) is 5.02 Å². The van der Waals surface area contributed by atoms with E-state index in [4.69, 9.17) is 11.6 Å². The Morgan fingerprint density at radius 3 is 2.95 bits per heavy atom. The number of benzene rings is 1. The summed E-state index contributed by atoms with van der Waals surface area (Å²) in [7, 11) is 1.93. The molecular formula is C14H12ClN3O. The number of halogens is 1. The molecule has 96 valence electrons. The maximum Gasteiger partial charge on any atom is 0.142 e. The molecule has 0 aliphatic carbocycles. The second-order valence-electron chi connectivity index (χ2n) is 4.32. The van der Waals surface area contributed by atoms with Gasteiger partial charge in [0, 0.05) is 30.0 Å². The Kier molecular flexibility index (Phi) is 2.97. The lowest BCUT2D eigenvalue weighted by atomic mass is 10.1. The summed E-state index contributed by atoms with van der Waals surface area (Å²) in [5.41, 5.74) is 3.46. The van der Waals surface area contributed by atoms with Crippen molar-refractivity contribution in [3.63, 3.8) is 0 Å². The molecule has 0 saturated carbocycles. The zero-order valence-corrected chi connectivity index (χ0v) is 11.1. The van der Waals surface area contributed by atoms with Crippen LogP contribution in [0.15, 0.2) is 36.7 Å². The van der Waals surface area contributed by atoms with E-state index in [1.54, 1.807) is 18.5 Å². The minimum atomic E-state index is -0.0399. The molecule has 0 atom stereocenters. The summed E-state index contributed by atoms with van der Waals surface area (Å²) in [6.45, 7) is -0.0399. The molecule has 19 heavy (non-hydrogen) atoms. The lowest BCUT2D eigenvalue weighted by Gasteiger charge is -2.06. The van der Waals surface area contributed by atoms with E-state index in [0.717, 1.165) is 28.0 Å². The SMILES string of the molecule is Cn1c(-c2cnccc2CO)nc2ccc(Cl)cc21.